The van der Waals surface area contributed by atoms with E-state index in [0.29, 0.717) is 30.7 Å². The first kappa shape index (κ1) is 21.6. The van der Waals surface area contributed by atoms with Crippen LogP contribution in [0.1, 0.15) is 41.7 Å². The highest BCUT2D eigenvalue weighted by atomic mass is 32.1. The van der Waals surface area contributed by atoms with Gasteiger partial charge in [0, 0.05) is 11.4 Å². The molecule has 1 saturated carbocycles. The Balaban J connectivity index is 1.28. The molecule has 8 heteroatoms. The number of amides is 1. The van der Waals surface area contributed by atoms with E-state index in [1.54, 1.807) is 33.1 Å². The molecule has 0 aliphatic heterocycles. The second-order valence-electron chi connectivity index (χ2n) is 8.79. The van der Waals surface area contributed by atoms with Gasteiger partial charge in [0.15, 0.2) is 5.65 Å². The van der Waals surface area contributed by atoms with Crippen molar-refractivity contribution in [3.63, 3.8) is 0 Å². The molecule has 1 aromatic carbocycles. The molecule has 1 aliphatic rings. The van der Waals surface area contributed by atoms with Gasteiger partial charge in [0.2, 0.25) is 5.91 Å². The highest BCUT2D eigenvalue weighted by Crippen LogP contribution is 2.43. The zero-order chi connectivity index (χ0) is 22.8. The number of hydrogen-bond donors (Lipinski definition) is 1. The number of thiophene rings is 1. The van der Waals surface area contributed by atoms with E-state index in [4.69, 9.17) is 0 Å². The Labute approximate surface area is 196 Å². The molecule has 7 nitrogen and oxygen atoms in total. The molecular weight excluding hydrogens is 434 g/mol. The lowest BCUT2D eigenvalue weighted by Crippen LogP contribution is -2.43. The first-order valence-corrected chi connectivity index (χ1v) is 12.2. The van der Waals surface area contributed by atoms with E-state index >= 15 is 0 Å². The van der Waals surface area contributed by atoms with Gasteiger partial charge < -0.3 is 5.32 Å². The van der Waals surface area contributed by atoms with E-state index < -0.39 is 5.41 Å². The topological polar surface area (TPSA) is 81.8 Å². The monoisotopic (exact) mass is 461 g/mol. The summed E-state index contributed by atoms with van der Waals surface area (Å²) < 4.78 is 3.30. The summed E-state index contributed by atoms with van der Waals surface area (Å²) in [6, 6.07) is 12.2. The summed E-state index contributed by atoms with van der Waals surface area (Å²) >= 11 is 1.66. The normalized spacial score (nSPS) is 15.2. The minimum Gasteiger partial charge on any atom is -0.353 e. The maximum Gasteiger partial charge on any atom is 0.264 e. The Morgan fingerprint density at radius 1 is 1.21 bits per heavy atom. The molecule has 0 bridgehead atoms. The third-order valence-electron chi connectivity index (χ3n) is 6.55. The molecule has 3 heterocycles. The van der Waals surface area contributed by atoms with E-state index in [1.807, 2.05) is 36.6 Å². The minimum atomic E-state index is -0.401. The van der Waals surface area contributed by atoms with E-state index in [0.717, 1.165) is 41.7 Å². The number of carbonyl (C=O) groups excluding carboxylic acids is 1. The molecule has 1 aliphatic carbocycles. The van der Waals surface area contributed by atoms with Crippen LogP contribution < -0.4 is 10.9 Å². The summed E-state index contributed by atoms with van der Waals surface area (Å²) in [5.74, 6) is 0.0902. The zero-order valence-corrected chi connectivity index (χ0v) is 19.5. The fourth-order valence-corrected chi connectivity index (χ4v) is 5.82. The van der Waals surface area contributed by atoms with Gasteiger partial charge in [-0.15, -0.1) is 11.3 Å². The van der Waals surface area contributed by atoms with Gasteiger partial charge in [-0.3, -0.25) is 14.2 Å². The van der Waals surface area contributed by atoms with Gasteiger partial charge in [-0.05, 0) is 36.8 Å². The molecule has 0 unspecified atom stereocenters. The van der Waals surface area contributed by atoms with Crippen molar-refractivity contribution in [2.75, 3.05) is 6.54 Å². The Morgan fingerprint density at radius 2 is 2.06 bits per heavy atom. The van der Waals surface area contributed by atoms with Gasteiger partial charge in [-0.25, -0.2) is 9.67 Å². The van der Waals surface area contributed by atoms with E-state index in [1.165, 1.54) is 0 Å². The quantitative estimate of drug-likeness (QED) is 0.456. The van der Waals surface area contributed by atoms with Crippen molar-refractivity contribution in [2.24, 2.45) is 0 Å². The van der Waals surface area contributed by atoms with Crippen LogP contribution >= 0.6 is 11.3 Å². The lowest BCUT2D eigenvalue weighted by molar-refractivity contribution is -0.126. The lowest BCUT2D eigenvalue weighted by Gasteiger charge is -2.26. The first-order valence-electron chi connectivity index (χ1n) is 11.4. The van der Waals surface area contributed by atoms with Gasteiger partial charge in [0.05, 0.1) is 24.7 Å². The summed E-state index contributed by atoms with van der Waals surface area (Å²) in [6.07, 6.45) is 7.09. The standard InChI is InChI=1S/C25H27N5O2S/c1-18-6-4-7-19(14-18)16-29-17-27-22-20(23(29)31)15-28-30(22)12-11-26-24(32)25(9-2-3-10-25)21-8-5-13-33-21/h4-8,13-15,17H,2-3,9-12,16H2,1H3,(H,26,32). The summed E-state index contributed by atoms with van der Waals surface area (Å²) in [4.78, 5) is 31.8. The highest BCUT2D eigenvalue weighted by Gasteiger charge is 2.43. The molecule has 1 N–H and O–H groups in total. The number of aromatic nitrogens is 4. The SMILES string of the molecule is Cc1cccc(Cn2cnc3c(cnn3CCNC(=O)C3(c4cccs4)CCCC3)c2=O)c1. The zero-order valence-electron chi connectivity index (χ0n) is 18.7. The Bertz CT molecular complexity index is 1330. The molecule has 5 rings (SSSR count). The van der Waals surface area contributed by atoms with Crippen LogP contribution in [0, 0.1) is 6.92 Å². The van der Waals surface area contributed by atoms with Crippen LogP contribution in [-0.4, -0.2) is 31.8 Å². The van der Waals surface area contributed by atoms with Crippen LogP contribution in [0.15, 0.2) is 59.1 Å². The van der Waals surface area contributed by atoms with Crippen LogP contribution in [0.2, 0.25) is 0 Å². The average Bonchev–Trinajstić information content (AvgIpc) is 3.57. The Morgan fingerprint density at radius 3 is 2.82 bits per heavy atom. The van der Waals surface area contributed by atoms with Crippen LogP contribution in [0.5, 0.6) is 0 Å². The van der Waals surface area contributed by atoms with Crippen molar-refractivity contribution in [1.82, 2.24) is 24.6 Å². The fraction of sp³-hybridized carbons (Fsp3) is 0.360. The number of nitrogens with zero attached hydrogens (tertiary/aromatic N) is 4. The largest absolute Gasteiger partial charge is 0.353 e. The van der Waals surface area contributed by atoms with Crippen molar-refractivity contribution in [3.8, 4) is 0 Å². The smallest absolute Gasteiger partial charge is 0.264 e. The second kappa shape index (κ2) is 8.94. The summed E-state index contributed by atoms with van der Waals surface area (Å²) in [7, 11) is 0. The molecule has 1 fully saturated rings. The second-order valence-corrected chi connectivity index (χ2v) is 9.74. The van der Waals surface area contributed by atoms with Crippen LogP contribution in [-0.2, 0) is 23.3 Å². The Kier molecular flexibility index (Phi) is 5.85. The van der Waals surface area contributed by atoms with Crippen molar-refractivity contribution in [3.05, 3.63) is 80.7 Å². The third-order valence-corrected chi connectivity index (χ3v) is 7.63. The predicted octanol–water partition coefficient (Wildman–Crippen LogP) is 3.64. The van der Waals surface area contributed by atoms with E-state index in [-0.39, 0.29) is 11.5 Å². The summed E-state index contributed by atoms with van der Waals surface area (Å²) in [5.41, 5.74) is 2.24. The van der Waals surface area contributed by atoms with E-state index in [2.05, 4.69) is 27.5 Å². The number of nitrogens with one attached hydrogen (secondary N) is 1. The van der Waals surface area contributed by atoms with Crippen LogP contribution in [0.3, 0.4) is 0 Å². The molecule has 0 radical (unpaired) electrons. The average molecular weight is 462 g/mol. The van der Waals surface area contributed by atoms with Crippen molar-refractivity contribution >= 4 is 28.3 Å². The van der Waals surface area contributed by atoms with Crippen LogP contribution in [0.4, 0.5) is 0 Å². The molecular formula is C25H27N5O2S. The first-order chi connectivity index (χ1) is 16.1. The maximum atomic E-state index is 13.2. The summed E-state index contributed by atoms with van der Waals surface area (Å²) in [6.45, 7) is 3.40. The van der Waals surface area contributed by atoms with Crippen molar-refractivity contribution in [1.29, 1.82) is 0 Å². The third kappa shape index (κ3) is 4.11. The molecule has 0 spiro atoms. The van der Waals surface area contributed by atoms with Crippen molar-refractivity contribution < 1.29 is 4.79 Å². The van der Waals surface area contributed by atoms with Gasteiger partial charge in [0.25, 0.3) is 5.56 Å². The summed E-state index contributed by atoms with van der Waals surface area (Å²) in [5, 5.41) is 10.0. The van der Waals surface area contributed by atoms with E-state index in [9.17, 15) is 9.59 Å². The molecule has 0 saturated heterocycles. The number of hydrogen-bond acceptors (Lipinski definition) is 5. The lowest BCUT2D eigenvalue weighted by atomic mass is 9.83. The predicted molar refractivity (Wildman–Crippen MR) is 130 cm³/mol. The fourth-order valence-electron chi connectivity index (χ4n) is 4.84. The minimum absolute atomic E-state index is 0.0902. The number of fused-ring (bicyclic) bond motifs is 1. The number of rotatable bonds is 7. The van der Waals surface area contributed by atoms with Gasteiger partial charge in [0.1, 0.15) is 11.7 Å². The van der Waals surface area contributed by atoms with Crippen LogP contribution in [0.25, 0.3) is 11.0 Å². The molecule has 3 aromatic heterocycles. The Hall–Kier alpha value is -3.26. The molecule has 33 heavy (non-hydrogen) atoms. The number of carbonyl (C=O) groups is 1. The number of benzene rings is 1. The molecule has 170 valence electrons. The van der Waals surface area contributed by atoms with Gasteiger partial charge >= 0.3 is 0 Å². The number of aryl methyl sites for hydroxylation is 1. The van der Waals surface area contributed by atoms with Gasteiger partial charge in [-0.2, -0.15) is 5.10 Å². The maximum absolute atomic E-state index is 13.2. The molecule has 4 aromatic rings. The van der Waals surface area contributed by atoms with Gasteiger partial charge in [-0.1, -0.05) is 48.7 Å². The van der Waals surface area contributed by atoms with Crippen molar-refractivity contribution in [2.45, 2.75) is 51.1 Å². The molecule has 0 atom stereocenters. The molecule has 1 amide bonds. The highest BCUT2D eigenvalue weighted by molar-refractivity contribution is 7.10.